The number of rotatable bonds is 6. The molecule has 1 unspecified atom stereocenters. The molecular formula is C25H27BrN2O2. The van der Waals surface area contributed by atoms with Gasteiger partial charge in [0.15, 0.2) is 0 Å². The van der Waals surface area contributed by atoms with Gasteiger partial charge in [0.25, 0.3) is 0 Å². The van der Waals surface area contributed by atoms with E-state index in [0.29, 0.717) is 6.54 Å². The average Bonchev–Trinajstić information content (AvgIpc) is 2.74. The number of likely N-dealkylation sites (tertiary alicyclic amines) is 1. The smallest absolute Gasteiger partial charge is 0.407 e. The van der Waals surface area contributed by atoms with Crippen molar-refractivity contribution >= 4 is 32.8 Å². The highest BCUT2D eigenvalue weighted by Gasteiger charge is 2.28. The van der Waals surface area contributed by atoms with Crippen LogP contribution in [0.15, 0.2) is 71.2 Å². The Kier molecular flexibility index (Phi) is 6.70. The van der Waals surface area contributed by atoms with Crippen LogP contribution < -0.4 is 0 Å². The lowest BCUT2D eigenvalue weighted by Gasteiger charge is -2.37. The second-order valence-corrected chi connectivity index (χ2v) is 8.98. The van der Waals surface area contributed by atoms with Crippen molar-refractivity contribution in [3.8, 4) is 0 Å². The maximum atomic E-state index is 11.8. The van der Waals surface area contributed by atoms with Crippen molar-refractivity contribution < 1.29 is 9.90 Å². The molecule has 30 heavy (non-hydrogen) atoms. The Morgan fingerprint density at radius 2 is 1.83 bits per heavy atom. The first-order valence-electron chi connectivity index (χ1n) is 10.5. The molecule has 1 amide bonds. The number of nitrogens with zero attached hydrogens (tertiary/aromatic N) is 2. The van der Waals surface area contributed by atoms with Crippen molar-refractivity contribution in [2.24, 2.45) is 0 Å². The van der Waals surface area contributed by atoms with E-state index >= 15 is 0 Å². The third-order valence-corrected chi connectivity index (χ3v) is 6.40. The highest BCUT2D eigenvalue weighted by molar-refractivity contribution is 9.10. The van der Waals surface area contributed by atoms with E-state index in [1.807, 2.05) is 6.07 Å². The third kappa shape index (κ3) is 5.02. The minimum atomic E-state index is -0.799. The monoisotopic (exact) mass is 466 g/mol. The van der Waals surface area contributed by atoms with Crippen LogP contribution in [0, 0.1) is 0 Å². The van der Waals surface area contributed by atoms with Gasteiger partial charge in [-0.05, 0) is 53.3 Å². The summed E-state index contributed by atoms with van der Waals surface area (Å²) in [5, 5.41) is 12.2. The first kappa shape index (κ1) is 20.9. The number of hydrogen-bond acceptors (Lipinski definition) is 2. The average molecular weight is 467 g/mol. The molecule has 0 aliphatic carbocycles. The number of halogens is 1. The van der Waals surface area contributed by atoms with Crippen LogP contribution in [0.25, 0.3) is 10.8 Å². The number of hydrogen-bond donors (Lipinski definition) is 1. The van der Waals surface area contributed by atoms with Crippen LogP contribution in [0.3, 0.4) is 0 Å². The zero-order valence-corrected chi connectivity index (χ0v) is 18.6. The Balaban J connectivity index is 1.61. The number of amides is 1. The quantitative estimate of drug-likeness (QED) is 0.474. The Morgan fingerprint density at radius 1 is 1.03 bits per heavy atom. The number of fused-ring (bicyclic) bond motifs is 1. The normalized spacial score (nSPS) is 16.9. The molecule has 0 spiro atoms. The number of piperidine rings is 1. The van der Waals surface area contributed by atoms with Gasteiger partial charge in [0.1, 0.15) is 0 Å². The number of carboxylic acid groups (broad SMARTS) is 1. The number of carbonyl (C=O) groups is 1. The predicted octanol–water partition coefficient (Wildman–Crippen LogP) is 6.14. The molecule has 1 aliphatic heterocycles. The summed E-state index contributed by atoms with van der Waals surface area (Å²) in [6, 6.07) is 23.3. The van der Waals surface area contributed by atoms with Gasteiger partial charge >= 0.3 is 6.09 Å². The highest BCUT2D eigenvalue weighted by atomic mass is 79.9. The Morgan fingerprint density at radius 3 is 2.67 bits per heavy atom. The van der Waals surface area contributed by atoms with E-state index in [-0.39, 0.29) is 6.04 Å². The minimum Gasteiger partial charge on any atom is -0.465 e. The van der Waals surface area contributed by atoms with E-state index in [9.17, 15) is 9.90 Å². The molecule has 0 aromatic heterocycles. The van der Waals surface area contributed by atoms with E-state index in [1.165, 1.54) is 21.9 Å². The summed E-state index contributed by atoms with van der Waals surface area (Å²) in [5.41, 5.74) is 2.50. The predicted molar refractivity (Wildman–Crippen MR) is 125 cm³/mol. The van der Waals surface area contributed by atoms with Gasteiger partial charge in [-0.15, -0.1) is 0 Å². The second kappa shape index (κ2) is 9.63. The van der Waals surface area contributed by atoms with E-state index in [0.717, 1.165) is 43.4 Å². The molecular weight excluding hydrogens is 440 g/mol. The van der Waals surface area contributed by atoms with Gasteiger partial charge in [0, 0.05) is 36.7 Å². The van der Waals surface area contributed by atoms with Crippen LogP contribution in [0.5, 0.6) is 0 Å². The van der Waals surface area contributed by atoms with Crippen molar-refractivity contribution in [3.63, 3.8) is 0 Å². The molecule has 4 rings (SSSR count). The lowest BCUT2D eigenvalue weighted by molar-refractivity contribution is 0.0834. The zero-order valence-electron chi connectivity index (χ0n) is 17.0. The van der Waals surface area contributed by atoms with Gasteiger partial charge in [0.2, 0.25) is 0 Å². The van der Waals surface area contributed by atoms with Crippen molar-refractivity contribution in [1.29, 1.82) is 0 Å². The molecule has 0 saturated carbocycles. The molecule has 4 nitrogen and oxygen atoms in total. The molecule has 156 valence electrons. The van der Waals surface area contributed by atoms with E-state index < -0.39 is 6.09 Å². The molecule has 1 fully saturated rings. The largest absolute Gasteiger partial charge is 0.465 e. The molecule has 1 saturated heterocycles. The summed E-state index contributed by atoms with van der Waals surface area (Å²) < 4.78 is 1.06. The van der Waals surface area contributed by atoms with Gasteiger partial charge in [-0.3, -0.25) is 4.90 Å². The molecule has 0 bridgehead atoms. The molecule has 3 aromatic rings. The molecule has 1 atom stereocenters. The van der Waals surface area contributed by atoms with Crippen LogP contribution in [0.4, 0.5) is 4.79 Å². The molecule has 1 heterocycles. The zero-order chi connectivity index (χ0) is 20.9. The third-order valence-electron chi connectivity index (χ3n) is 5.91. The number of benzene rings is 3. The van der Waals surface area contributed by atoms with Gasteiger partial charge in [0.05, 0.1) is 0 Å². The topological polar surface area (TPSA) is 43.8 Å². The lowest BCUT2D eigenvalue weighted by Crippen LogP contribution is -2.48. The standard InChI is InChI=1S/C25H27BrN2O2/c26-22-11-5-7-19(15-22)16-27(18-23-12-3-4-14-28(23)25(29)30)17-21-10-6-9-20-8-1-2-13-24(20)21/h1-2,5-11,13,15,23H,3-4,12,14,16-18H2,(H,29,30). The van der Waals surface area contributed by atoms with Crippen LogP contribution in [0.1, 0.15) is 30.4 Å². The molecule has 1 aliphatic rings. The van der Waals surface area contributed by atoms with Crippen molar-refractivity contribution in [2.45, 2.75) is 38.4 Å². The van der Waals surface area contributed by atoms with Gasteiger partial charge in [-0.25, -0.2) is 4.79 Å². The minimum absolute atomic E-state index is 0.0402. The van der Waals surface area contributed by atoms with E-state index in [1.54, 1.807) is 4.90 Å². The van der Waals surface area contributed by atoms with Crippen molar-refractivity contribution in [3.05, 3.63) is 82.3 Å². The molecule has 1 N–H and O–H groups in total. The van der Waals surface area contributed by atoms with Crippen LogP contribution >= 0.6 is 15.9 Å². The van der Waals surface area contributed by atoms with E-state index in [4.69, 9.17) is 0 Å². The van der Waals surface area contributed by atoms with Crippen molar-refractivity contribution in [2.75, 3.05) is 13.1 Å². The maximum absolute atomic E-state index is 11.8. The Labute approximate surface area is 186 Å². The summed E-state index contributed by atoms with van der Waals surface area (Å²) in [7, 11) is 0. The molecule has 0 radical (unpaired) electrons. The van der Waals surface area contributed by atoms with Crippen LogP contribution in [0.2, 0.25) is 0 Å². The van der Waals surface area contributed by atoms with Crippen LogP contribution in [-0.2, 0) is 13.1 Å². The highest BCUT2D eigenvalue weighted by Crippen LogP contribution is 2.24. The Bertz CT molecular complexity index is 1020. The summed E-state index contributed by atoms with van der Waals surface area (Å²) in [6.07, 6.45) is 2.18. The maximum Gasteiger partial charge on any atom is 0.407 e. The SMILES string of the molecule is O=C(O)N1CCCCC1CN(Cc1cccc(Br)c1)Cc1cccc2ccccc12. The molecule has 5 heteroatoms. The summed E-state index contributed by atoms with van der Waals surface area (Å²) >= 11 is 3.57. The lowest BCUT2D eigenvalue weighted by atomic mass is 10.0. The summed E-state index contributed by atoms with van der Waals surface area (Å²) in [4.78, 5) is 15.8. The van der Waals surface area contributed by atoms with Gasteiger partial charge in [-0.2, -0.15) is 0 Å². The van der Waals surface area contributed by atoms with Crippen LogP contribution in [-0.4, -0.2) is 40.1 Å². The first-order chi connectivity index (χ1) is 14.6. The van der Waals surface area contributed by atoms with Crippen molar-refractivity contribution in [1.82, 2.24) is 9.80 Å². The summed E-state index contributed by atoms with van der Waals surface area (Å²) in [6.45, 7) is 2.95. The molecule has 3 aromatic carbocycles. The second-order valence-electron chi connectivity index (χ2n) is 8.06. The fourth-order valence-electron chi connectivity index (χ4n) is 4.49. The van der Waals surface area contributed by atoms with Gasteiger partial charge < -0.3 is 10.0 Å². The first-order valence-corrected chi connectivity index (χ1v) is 11.3. The Hall–Kier alpha value is -2.37. The van der Waals surface area contributed by atoms with Gasteiger partial charge in [-0.1, -0.05) is 70.5 Å². The fraction of sp³-hybridized carbons (Fsp3) is 0.320. The van der Waals surface area contributed by atoms with E-state index in [2.05, 4.69) is 81.5 Å². The summed E-state index contributed by atoms with van der Waals surface area (Å²) in [5.74, 6) is 0. The fourth-order valence-corrected chi connectivity index (χ4v) is 4.94.